The number of fused-ring (bicyclic) bond motifs is 1. The van der Waals surface area contributed by atoms with E-state index in [1.807, 2.05) is 13.0 Å². The van der Waals surface area contributed by atoms with Gasteiger partial charge in [-0.05, 0) is 55.0 Å². The van der Waals surface area contributed by atoms with E-state index in [4.69, 9.17) is 23.2 Å². The van der Waals surface area contributed by atoms with E-state index in [0.717, 1.165) is 16.6 Å². The SMILES string of the molecule is C=C/C(=C\C=C(/C)c1nc2ccc(NC(=O)c3c(Cl)cccc3Cl)cc2[nH]1)NC=O. The van der Waals surface area contributed by atoms with Crippen LogP contribution in [0.1, 0.15) is 23.1 Å². The molecule has 0 unspecified atom stereocenters. The smallest absolute Gasteiger partial charge is 0.258 e. The fourth-order valence-corrected chi connectivity index (χ4v) is 3.29. The molecule has 30 heavy (non-hydrogen) atoms. The lowest BCUT2D eigenvalue weighted by Gasteiger charge is -2.08. The van der Waals surface area contributed by atoms with E-state index < -0.39 is 5.91 Å². The number of aromatic amines is 1. The number of benzene rings is 2. The van der Waals surface area contributed by atoms with E-state index in [1.54, 1.807) is 42.5 Å². The van der Waals surface area contributed by atoms with Gasteiger partial charge in [-0.2, -0.15) is 0 Å². The van der Waals surface area contributed by atoms with Crippen LogP contribution in [0, 0.1) is 0 Å². The lowest BCUT2D eigenvalue weighted by Crippen LogP contribution is -2.13. The van der Waals surface area contributed by atoms with Crippen molar-refractivity contribution in [2.75, 3.05) is 5.32 Å². The van der Waals surface area contributed by atoms with Crippen molar-refractivity contribution >= 4 is 57.8 Å². The van der Waals surface area contributed by atoms with E-state index in [2.05, 4.69) is 27.2 Å². The minimum atomic E-state index is -0.398. The molecule has 6 nitrogen and oxygen atoms in total. The van der Waals surface area contributed by atoms with E-state index in [-0.39, 0.29) is 15.6 Å². The summed E-state index contributed by atoms with van der Waals surface area (Å²) in [6.07, 6.45) is 5.66. The van der Waals surface area contributed by atoms with Crippen LogP contribution < -0.4 is 10.6 Å². The van der Waals surface area contributed by atoms with Gasteiger partial charge in [0.15, 0.2) is 0 Å². The molecule has 3 aromatic rings. The second-order valence-electron chi connectivity index (χ2n) is 6.31. The molecule has 3 rings (SSSR count). The molecule has 3 N–H and O–H groups in total. The monoisotopic (exact) mass is 440 g/mol. The number of allylic oxidation sites excluding steroid dienone is 4. The molecule has 8 heteroatoms. The first-order valence-electron chi connectivity index (χ1n) is 8.89. The van der Waals surface area contributed by atoms with Gasteiger partial charge >= 0.3 is 0 Å². The van der Waals surface area contributed by atoms with Crippen LogP contribution in [0.5, 0.6) is 0 Å². The molecule has 0 saturated heterocycles. The number of rotatable bonds is 7. The molecule has 0 aliphatic carbocycles. The van der Waals surface area contributed by atoms with Crippen LogP contribution in [0.25, 0.3) is 16.6 Å². The number of anilines is 1. The highest BCUT2D eigenvalue weighted by Gasteiger charge is 2.15. The highest BCUT2D eigenvalue weighted by Crippen LogP contribution is 2.26. The van der Waals surface area contributed by atoms with Crippen molar-refractivity contribution in [3.8, 4) is 0 Å². The molecular weight excluding hydrogens is 423 g/mol. The summed E-state index contributed by atoms with van der Waals surface area (Å²) in [5, 5.41) is 5.90. The van der Waals surface area contributed by atoms with Crippen molar-refractivity contribution in [2.45, 2.75) is 6.92 Å². The Morgan fingerprint density at radius 1 is 1.17 bits per heavy atom. The number of halogens is 2. The Balaban J connectivity index is 1.85. The number of H-pyrrole nitrogens is 1. The van der Waals surface area contributed by atoms with Gasteiger partial charge in [0.1, 0.15) is 5.82 Å². The van der Waals surface area contributed by atoms with Gasteiger partial charge in [-0.15, -0.1) is 0 Å². The molecule has 152 valence electrons. The maximum atomic E-state index is 12.6. The van der Waals surface area contributed by atoms with E-state index in [9.17, 15) is 9.59 Å². The quantitative estimate of drug-likeness (QED) is 0.342. The second kappa shape index (κ2) is 9.43. The molecule has 0 radical (unpaired) electrons. The summed E-state index contributed by atoms with van der Waals surface area (Å²) in [7, 11) is 0. The predicted molar refractivity (Wildman–Crippen MR) is 122 cm³/mol. The Morgan fingerprint density at radius 3 is 2.57 bits per heavy atom. The first-order valence-corrected chi connectivity index (χ1v) is 9.65. The number of nitrogens with one attached hydrogen (secondary N) is 3. The van der Waals surface area contributed by atoms with Crippen molar-refractivity contribution in [2.24, 2.45) is 0 Å². The Bertz CT molecular complexity index is 1170. The van der Waals surface area contributed by atoms with Gasteiger partial charge in [0.2, 0.25) is 6.41 Å². The molecule has 0 bridgehead atoms. The average Bonchev–Trinajstić information content (AvgIpc) is 3.14. The number of carbonyl (C=O) groups excluding carboxylic acids is 2. The zero-order valence-corrected chi connectivity index (χ0v) is 17.5. The Morgan fingerprint density at radius 2 is 1.90 bits per heavy atom. The van der Waals surface area contributed by atoms with Gasteiger partial charge in [-0.25, -0.2) is 4.98 Å². The largest absolute Gasteiger partial charge is 0.338 e. The van der Waals surface area contributed by atoms with Crippen molar-refractivity contribution < 1.29 is 9.59 Å². The lowest BCUT2D eigenvalue weighted by molar-refractivity contribution is -0.108. The molecule has 0 saturated carbocycles. The molecule has 0 fully saturated rings. The second-order valence-corrected chi connectivity index (χ2v) is 7.12. The minimum absolute atomic E-state index is 0.221. The molecule has 0 aliphatic heterocycles. The number of hydrogen-bond donors (Lipinski definition) is 3. The number of imidazole rings is 1. The van der Waals surface area contributed by atoms with E-state index in [1.165, 1.54) is 6.08 Å². The highest BCUT2D eigenvalue weighted by molar-refractivity contribution is 6.40. The normalized spacial score (nSPS) is 12.0. The van der Waals surface area contributed by atoms with Crippen LogP contribution in [-0.2, 0) is 4.79 Å². The molecule has 0 atom stereocenters. The summed E-state index contributed by atoms with van der Waals surface area (Å²) in [4.78, 5) is 30.9. The van der Waals surface area contributed by atoms with Gasteiger partial charge in [0.05, 0.1) is 26.6 Å². The van der Waals surface area contributed by atoms with Crippen molar-refractivity contribution in [1.29, 1.82) is 0 Å². The number of nitrogens with zero attached hydrogens (tertiary/aromatic N) is 1. The topological polar surface area (TPSA) is 86.9 Å². The lowest BCUT2D eigenvalue weighted by atomic mass is 10.2. The first kappa shape index (κ1) is 21.4. The summed E-state index contributed by atoms with van der Waals surface area (Å²) in [5.41, 5.74) is 3.71. The molecule has 2 amide bonds. The predicted octanol–water partition coefficient (Wildman–Crippen LogP) is 5.34. The van der Waals surface area contributed by atoms with Gasteiger partial charge in [0.25, 0.3) is 5.91 Å². The fraction of sp³-hybridized carbons (Fsp3) is 0.0455. The van der Waals surface area contributed by atoms with Crippen molar-refractivity contribution in [1.82, 2.24) is 15.3 Å². The van der Waals surface area contributed by atoms with E-state index in [0.29, 0.717) is 23.6 Å². The molecule has 1 aromatic heterocycles. The Hall–Kier alpha value is -3.35. The summed E-state index contributed by atoms with van der Waals surface area (Å²) < 4.78 is 0. The van der Waals surface area contributed by atoms with Gasteiger partial charge in [-0.3, -0.25) is 9.59 Å². The van der Waals surface area contributed by atoms with Crippen LogP contribution in [0.4, 0.5) is 5.69 Å². The third-order valence-electron chi connectivity index (χ3n) is 4.26. The van der Waals surface area contributed by atoms with Crippen LogP contribution in [-0.4, -0.2) is 22.3 Å². The number of aromatic nitrogens is 2. The molecular formula is C22H18Cl2N4O2. The summed E-state index contributed by atoms with van der Waals surface area (Å²) in [5.74, 6) is 0.263. The Labute approximate surface area is 183 Å². The third-order valence-corrected chi connectivity index (χ3v) is 4.89. The molecule has 1 heterocycles. The zero-order chi connectivity index (χ0) is 21.7. The third kappa shape index (κ3) is 4.79. The maximum Gasteiger partial charge on any atom is 0.258 e. The maximum absolute atomic E-state index is 12.6. The molecule has 2 aromatic carbocycles. The average molecular weight is 441 g/mol. The Kier molecular flexibility index (Phi) is 6.72. The number of hydrogen-bond acceptors (Lipinski definition) is 3. The van der Waals surface area contributed by atoms with Crippen LogP contribution in [0.3, 0.4) is 0 Å². The van der Waals surface area contributed by atoms with Crippen LogP contribution in [0.2, 0.25) is 10.0 Å². The van der Waals surface area contributed by atoms with Crippen molar-refractivity contribution in [3.05, 3.63) is 88.3 Å². The highest BCUT2D eigenvalue weighted by atomic mass is 35.5. The number of carbonyl (C=O) groups is 2. The van der Waals surface area contributed by atoms with E-state index >= 15 is 0 Å². The summed E-state index contributed by atoms with van der Waals surface area (Å²) >= 11 is 12.2. The van der Waals surface area contributed by atoms with Crippen LogP contribution >= 0.6 is 23.2 Å². The summed E-state index contributed by atoms with van der Waals surface area (Å²) in [6.45, 7) is 5.52. The van der Waals surface area contributed by atoms with Gasteiger partial charge in [0, 0.05) is 11.4 Å². The van der Waals surface area contributed by atoms with Crippen molar-refractivity contribution in [3.63, 3.8) is 0 Å². The molecule has 0 spiro atoms. The minimum Gasteiger partial charge on any atom is -0.338 e. The summed E-state index contributed by atoms with van der Waals surface area (Å²) in [6, 6.07) is 10.2. The fourth-order valence-electron chi connectivity index (χ4n) is 2.72. The van der Waals surface area contributed by atoms with Crippen LogP contribution in [0.15, 0.2) is 66.9 Å². The zero-order valence-electron chi connectivity index (χ0n) is 16.0. The van der Waals surface area contributed by atoms with Gasteiger partial charge < -0.3 is 15.6 Å². The first-order chi connectivity index (χ1) is 14.4. The molecule has 0 aliphatic rings. The number of amides is 2. The standard InChI is InChI=1S/C22H18Cl2N4O2/c1-3-14(25-12-29)8-7-13(2)21-27-18-10-9-15(11-19(18)28-21)26-22(30)20-16(23)5-4-6-17(20)24/h3-12H,1H2,2H3,(H,25,29)(H,26,30)(H,27,28)/b13-7+,14-8+. The van der Waals surface area contributed by atoms with Gasteiger partial charge in [-0.1, -0.05) is 41.9 Å².